The van der Waals surface area contributed by atoms with Crippen molar-refractivity contribution in [3.05, 3.63) is 52.3 Å². The number of halogens is 1. The summed E-state index contributed by atoms with van der Waals surface area (Å²) in [5.41, 5.74) is 7.71. The molecule has 0 spiro atoms. The van der Waals surface area contributed by atoms with E-state index in [4.69, 9.17) is 4.74 Å². The Morgan fingerprint density at radius 1 is 0.852 bits per heavy atom. The molecule has 0 bridgehead atoms. The van der Waals surface area contributed by atoms with E-state index in [0.29, 0.717) is 0 Å². The summed E-state index contributed by atoms with van der Waals surface area (Å²) in [6.07, 6.45) is 0.970. The van der Waals surface area contributed by atoms with Crippen molar-refractivity contribution in [2.24, 2.45) is 0 Å². The molecule has 2 aromatic rings. The van der Waals surface area contributed by atoms with Crippen LogP contribution in [0.3, 0.4) is 0 Å². The predicted octanol–water partition coefficient (Wildman–Crippen LogP) is 4.79. The van der Waals surface area contributed by atoms with E-state index < -0.39 is 0 Å². The van der Waals surface area contributed by atoms with Crippen LogP contribution in [-0.4, -0.2) is 31.8 Å². The summed E-state index contributed by atoms with van der Waals surface area (Å²) >= 11 is 0. The van der Waals surface area contributed by atoms with Gasteiger partial charge in [-0.05, 0) is 75.6 Å². The van der Waals surface area contributed by atoms with Crippen LogP contribution in [0.25, 0.3) is 0 Å². The number of piperazine rings is 1. The van der Waals surface area contributed by atoms with Gasteiger partial charge in [0.15, 0.2) is 0 Å². The Balaban J connectivity index is 1.59. The highest BCUT2D eigenvalue weighted by molar-refractivity contribution is 5.70. The lowest BCUT2D eigenvalue weighted by molar-refractivity contribution is 0.137. The standard InChI is InChI=1S/C23H29FN2O/c1-15-16(2)22-20(14-23(4,5)27-22)17(3)21(15)26-12-10-25(11-13-26)19-8-6-18(24)7-9-19/h6-9H,10-14H2,1-5H3. The Morgan fingerprint density at radius 2 is 1.44 bits per heavy atom. The molecule has 0 radical (unpaired) electrons. The summed E-state index contributed by atoms with van der Waals surface area (Å²) in [4.78, 5) is 4.86. The minimum Gasteiger partial charge on any atom is -0.487 e. The van der Waals surface area contributed by atoms with E-state index in [1.165, 1.54) is 27.9 Å². The minimum absolute atomic E-state index is 0.121. The first kappa shape index (κ1) is 18.1. The lowest BCUT2D eigenvalue weighted by Gasteiger charge is -2.39. The number of rotatable bonds is 2. The maximum absolute atomic E-state index is 13.2. The average Bonchev–Trinajstić information content (AvgIpc) is 2.97. The first-order chi connectivity index (χ1) is 12.8. The monoisotopic (exact) mass is 368 g/mol. The van der Waals surface area contributed by atoms with Crippen molar-refractivity contribution >= 4 is 11.4 Å². The molecule has 0 N–H and O–H groups in total. The van der Waals surface area contributed by atoms with Crippen molar-refractivity contribution in [1.82, 2.24) is 0 Å². The van der Waals surface area contributed by atoms with E-state index in [9.17, 15) is 4.39 Å². The number of hydrogen-bond acceptors (Lipinski definition) is 3. The largest absolute Gasteiger partial charge is 0.487 e. The number of benzene rings is 2. The van der Waals surface area contributed by atoms with E-state index in [1.807, 2.05) is 12.1 Å². The van der Waals surface area contributed by atoms with Crippen molar-refractivity contribution in [1.29, 1.82) is 0 Å². The molecule has 144 valence electrons. The Hall–Kier alpha value is -2.23. The van der Waals surface area contributed by atoms with Gasteiger partial charge in [-0.2, -0.15) is 0 Å². The third-order valence-corrected chi connectivity index (χ3v) is 6.11. The normalized spacial score (nSPS) is 18.4. The maximum atomic E-state index is 13.2. The van der Waals surface area contributed by atoms with Crippen LogP contribution in [0.1, 0.15) is 36.1 Å². The SMILES string of the molecule is Cc1c(C)c(N2CCN(c3ccc(F)cc3)CC2)c(C)c2c1OC(C)(C)C2. The first-order valence-electron chi connectivity index (χ1n) is 9.84. The van der Waals surface area contributed by atoms with Gasteiger partial charge >= 0.3 is 0 Å². The Labute approximate surface area is 161 Å². The van der Waals surface area contributed by atoms with Crippen molar-refractivity contribution in [3.63, 3.8) is 0 Å². The molecule has 3 nitrogen and oxygen atoms in total. The Kier molecular flexibility index (Phi) is 4.32. The van der Waals surface area contributed by atoms with Gasteiger partial charge in [-0.3, -0.25) is 0 Å². The fourth-order valence-corrected chi connectivity index (χ4v) is 4.57. The highest BCUT2D eigenvalue weighted by Gasteiger charge is 2.35. The maximum Gasteiger partial charge on any atom is 0.127 e. The molecule has 2 heterocycles. The molecule has 1 fully saturated rings. The molecule has 2 aliphatic rings. The molecule has 0 aliphatic carbocycles. The molecule has 27 heavy (non-hydrogen) atoms. The van der Waals surface area contributed by atoms with Crippen molar-refractivity contribution in [2.45, 2.75) is 46.6 Å². The van der Waals surface area contributed by atoms with Gasteiger partial charge in [-0.1, -0.05) is 0 Å². The average molecular weight is 368 g/mol. The third kappa shape index (κ3) is 3.15. The first-order valence-corrected chi connectivity index (χ1v) is 9.84. The van der Waals surface area contributed by atoms with Crippen molar-refractivity contribution < 1.29 is 9.13 Å². The van der Waals surface area contributed by atoms with Crippen LogP contribution < -0.4 is 14.5 Å². The minimum atomic E-state index is -0.178. The van der Waals surface area contributed by atoms with Crippen LogP contribution in [0.5, 0.6) is 5.75 Å². The topological polar surface area (TPSA) is 15.7 Å². The van der Waals surface area contributed by atoms with E-state index in [0.717, 1.165) is 44.0 Å². The Bertz CT molecular complexity index is 865. The van der Waals surface area contributed by atoms with Crippen LogP contribution in [0.2, 0.25) is 0 Å². The zero-order valence-corrected chi connectivity index (χ0v) is 17.0. The lowest BCUT2D eigenvalue weighted by atomic mass is 9.92. The molecule has 0 amide bonds. The van der Waals surface area contributed by atoms with Gasteiger partial charge in [0.1, 0.15) is 17.2 Å². The van der Waals surface area contributed by atoms with Gasteiger partial charge < -0.3 is 14.5 Å². The lowest BCUT2D eigenvalue weighted by Crippen LogP contribution is -2.47. The fourth-order valence-electron chi connectivity index (χ4n) is 4.57. The second kappa shape index (κ2) is 6.43. The van der Waals surface area contributed by atoms with E-state index in [-0.39, 0.29) is 11.4 Å². The molecule has 4 rings (SSSR count). The number of ether oxygens (including phenoxy) is 1. The van der Waals surface area contributed by atoms with Crippen molar-refractivity contribution in [2.75, 3.05) is 36.0 Å². The highest BCUT2D eigenvalue weighted by Crippen LogP contribution is 2.45. The highest BCUT2D eigenvalue weighted by atomic mass is 19.1. The zero-order chi connectivity index (χ0) is 19.3. The fraction of sp³-hybridized carbons (Fsp3) is 0.478. The molecule has 0 unspecified atom stereocenters. The Morgan fingerprint density at radius 3 is 2.07 bits per heavy atom. The third-order valence-electron chi connectivity index (χ3n) is 6.11. The van der Waals surface area contributed by atoms with Crippen LogP contribution in [0, 0.1) is 26.6 Å². The molecule has 4 heteroatoms. The molecule has 0 atom stereocenters. The van der Waals surface area contributed by atoms with Crippen molar-refractivity contribution in [3.8, 4) is 5.75 Å². The van der Waals surface area contributed by atoms with Gasteiger partial charge in [0.05, 0.1) is 0 Å². The zero-order valence-electron chi connectivity index (χ0n) is 17.0. The number of anilines is 2. The van der Waals surface area contributed by atoms with Gasteiger partial charge in [-0.25, -0.2) is 4.39 Å². The molecule has 2 aliphatic heterocycles. The van der Waals surface area contributed by atoms with Crippen LogP contribution in [-0.2, 0) is 6.42 Å². The van der Waals surface area contributed by atoms with Gasteiger partial charge in [0.2, 0.25) is 0 Å². The van der Waals surface area contributed by atoms with Crippen LogP contribution >= 0.6 is 0 Å². The molecular weight excluding hydrogens is 339 g/mol. The number of hydrogen-bond donors (Lipinski definition) is 0. The summed E-state index contributed by atoms with van der Waals surface area (Å²) in [5, 5.41) is 0. The summed E-state index contributed by atoms with van der Waals surface area (Å²) in [6.45, 7) is 14.8. The van der Waals surface area contributed by atoms with Crippen LogP contribution in [0.15, 0.2) is 24.3 Å². The molecular formula is C23H29FN2O. The molecule has 0 aromatic heterocycles. The number of fused-ring (bicyclic) bond motifs is 1. The molecule has 2 aromatic carbocycles. The second-order valence-corrected chi connectivity index (χ2v) is 8.52. The van der Waals surface area contributed by atoms with E-state index in [1.54, 1.807) is 12.1 Å². The van der Waals surface area contributed by atoms with Crippen LogP contribution in [0.4, 0.5) is 15.8 Å². The van der Waals surface area contributed by atoms with E-state index >= 15 is 0 Å². The summed E-state index contributed by atoms with van der Waals surface area (Å²) in [6, 6.07) is 6.84. The van der Waals surface area contributed by atoms with Gasteiger partial charge in [0.25, 0.3) is 0 Å². The number of nitrogens with zero attached hydrogens (tertiary/aromatic N) is 2. The van der Waals surface area contributed by atoms with Gasteiger partial charge in [-0.15, -0.1) is 0 Å². The smallest absolute Gasteiger partial charge is 0.127 e. The summed E-state index contributed by atoms with van der Waals surface area (Å²) in [5.74, 6) is 0.922. The second-order valence-electron chi connectivity index (χ2n) is 8.52. The molecule has 0 saturated carbocycles. The summed E-state index contributed by atoms with van der Waals surface area (Å²) in [7, 11) is 0. The van der Waals surface area contributed by atoms with E-state index in [2.05, 4.69) is 44.4 Å². The van der Waals surface area contributed by atoms with Gasteiger partial charge in [0, 0.05) is 49.5 Å². The quantitative estimate of drug-likeness (QED) is 0.758. The summed E-state index contributed by atoms with van der Waals surface area (Å²) < 4.78 is 19.4. The predicted molar refractivity (Wildman–Crippen MR) is 110 cm³/mol. The molecule has 1 saturated heterocycles.